The average Bonchev–Trinajstić information content (AvgIpc) is 2.38. The summed E-state index contributed by atoms with van der Waals surface area (Å²) in [6, 6.07) is 9.81. The van der Waals surface area contributed by atoms with E-state index in [0.717, 1.165) is 31.4 Å². The molecule has 1 unspecified atom stereocenters. The van der Waals surface area contributed by atoms with Gasteiger partial charge in [0.25, 0.3) is 0 Å². The van der Waals surface area contributed by atoms with E-state index in [9.17, 15) is 4.79 Å². The van der Waals surface area contributed by atoms with Crippen LogP contribution in [0.5, 0.6) is 0 Å². The molecule has 102 valence electrons. The summed E-state index contributed by atoms with van der Waals surface area (Å²) in [4.78, 5) is 10.8. The normalized spacial score (nSPS) is 25.2. The van der Waals surface area contributed by atoms with E-state index in [1.807, 2.05) is 6.07 Å². The van der Waals surface area contributed by atoms with E-state index in [-0.39, 0.29) is 5.41 Å². The first kappa shape index (κ1) is 13.6. The van der Waals surface area contributed by atoms with Gasteiger partial charge in [-0.3, -0.25) is 0 Å². The summed E-state index contributed by atoms with van der Waals surface area (Å²) in [5.41, 5.74) is 9.85. The number of carbonyl (C=O) groups is 1. The summed E-state index contributed by atoms with van der Waals surface area (Å²) in [6.07, 6.45) is 5.32. The van der Waals surface area contributed by atoms with Gasteiger partial charge in [-0.05, 0) is 31.2 Å². The molecular formula is C15H21N3O. The number of nitrogens with zero attached hydrogens (tertiary/aromatic N) is 1. The number of carbonyl (C=O) groups excluding carboxylic acids is 1. The van der Waals surface area contributed by atoms with Crippen molar-refractivity contribution in [3.63, 3.8) is 0 Å². The Labute approximate surface area is 114 Å². The van der Waals surface area contributed by atoms with Gasteiger partial charge in [-0.25, -0.2) is 10.2 Å². The van der Waals surface area contributed by atoms with Crippen LogP contribution in [0.3, 0.4) is 0 Å². The van der Waals surface area contributed by atoms with Gasteiger partial charge in [-0.15, -0.1) is 0 Å². The van der Waals surface area contributed by atoms with Gasteiger partial charge in [-0.2, -0.15) is 5.10 Å². The van der Waals surface area contributed by atoms with E-state index in [2.05, 4.69) is 41.7 Å². The van der Waals surface area contributed by atoms with Crippen LogP contribution in [0.15, 0.2) is 35.4 Å². The van der Waals surface area contributed by atoms with Crippen LogP contribution in [0.2, 0.25) is 0 Å². The second-order valence-electron chi connectivity index (χ2n) is 5.46. The Morgan fingerprint density at radius 3 is 2.79 bits per heavy atom. The maximum atomic E-state index is 10.8. The smallest absolute Gasteiger partial charge is 0.332 e. The Bertz CT molecular complexity index is 470. The van der Waals surface area contributed by atoms with Gasteiger partial charge < -0.3 is 5.73 Å². The zero-order valence-electron chi connectivity index (χ0n) is 11.4. The van der Waals surface area contributed by atoms with E-state index >= 15 is 0 Å². The molecular weight excluding hydrogens is 238 g/mol. The van der Waals surface area contributed by atoms with E-state index in [4.69, 9.17) is 5.73 Å². The highest BCUT2D eigenvalue weighted by Crippen LogP contribution is 2.36. The van der Waals surface area contributed by atoms with Crippen molar-refractivity contribution in [2.75, 3.05) is 0 Å². The Hall–Kier alpha value is -1.84. The molecule has 2 rings (SSSR count). The molecule has 0 radical (unpaired) electrons. The molecule has 0 saturated heterocycles. The largest absolute Gasteiger partial charge is 0.350 e. The van der Waals surface area contributed by atoms with Crippen molar-refractivity contribution in [1.29, 1.82) is 0 Å². The van der Waals surface area contributed by atoms with E-state index in [0.29, 0.717) is 0 Å². The predicted octanol–water partition coefficient (Wildman–Crippen LogP) is 2.83. The zero-order chi connectivity index (χ0) is 13.7. The zero-order valence-corrected chi connectivity index (χ0v) is 11.4. The van der Waals surface area contributed by atoms with Crippen LogP contribution in [-0.4, -0.2) is 11.7 Å². The second kappa shape index (κ2) is 5.87. The lowest BCUT2D eigenvalue weighted by Crippen LogP contribution is -2.36. The Morgan fingerprint density at radius 2 is 2.11 bits per heavy atom. The Balaban J connectivity index is 2.17. The number of nitrogens with two attached hydrogens (primary N) is 1. The molecule has 4 heteroatoms. The van der Waals surface area contributed by atoms with Crippen molar-refractivity contribution in [2.45, 2.75) is 39.0 Å². The molecule has 1 aromatic carbocycles. The van der Waals surface area contributed by atoms with Gasteiger partial charge in [0, 0.05) is 11.1 Å². The first-order chi connectivity index (χ1) is 9.10. The third kappa shape index (κ3) is 3.56. The fourth-order valence-corrected chi connectivity index (χ4v) is 2.80. The second-order valence-corrected chi connectivity index (χ2v) is 5.46. The molecule has 0 bridgehead atoms. The van der Waals surface area contributed by atoms with Gasteiger partial charge in [0.1, 0.15) is 0 Å². The number of amides is 2. The number of benzene rings is 1. The number of rotatable bonds is 3. The van der Waals surface area contributed by atoms with Crippen molar-refractivity contribution in [3.8, 4) is 0 Å². The number of urea groups is 1. The van der Waals surface area contributed by atoms with Crippen molar-refractivity contribution in [3.05, 3.63) is 35.9 Å². The molecule has 19 heavy (non-hydrogen) atoms. The SMILES string of the molecule is CC1(Cc2ccccc2)CCCC/C1=N\NC(N)=O. The van der Waals surface area contributed by atoms with Crippen LogP contribution in [0.25, 0.3) is 0 Å². The molecule has 1 aromatic rings. The van der Waals surface area contributed by atoms with Gasteiger partial charge in [-0.1, -0.05) is 43.7 Å². The number of hydrazone groups is 1. The van der Waals surface area contributed by atoms with Crippen LogP contribution in [0.4, 0.5) is 4.79 Å². The van der Waals surface area contributed by atoms with Crippen LogP contribution in [0, 0.1) is 5.41 Å². The summed E-state index contributed by atoms with van der Waals surface area (Å²) in [5.74, 6) is 0. The predicted molar refractivity (Wildman–Crippen MR) is 76.9 cm³/mol. The summed E-state index contributed by atoms with van der Waals surface area (Å²) in [6.45, 7) is 2.22. The minimum Gasteiger partial charge on any atom is -0.350 e. The number of hydrogen-bond acceptors (Lipinski definition) is 2. The van der Waals surface area contributed by atoms with E-state index in [1.165, 1.54) is 12.0 Å². The van der Waals surface area contributed by atoms with Crippen LogP contribution >= 0.6 is 0 Å². The van der Waals surface area contributed by atoms with Crippen LogP contribution in [-0.2, 0) is 6.42 Å². The van der Waals surface area contributed by atoms with Crippen molar-refractivity contribution in [2.24, 2.45) is 16.3 Å². The molecule has 0 aliphatic heterocycles. The molecule has 1 saturated carbocycles. The van der Waals surface area contributed by atoms with Gasteiger partial charge in [0.2, 0.25) is 0 Å². The third-order valence-electron chi connectivity index (χ3n) is 3.83. The molecule has 2 amide bonds. The lowest BCUT2D eigenvalue weighted by atomic mass is 9.70. The van der Waals surface area contributed by atoms with Crippen molar-refractivity contribution >= 4 is 11.7 Å². The maximum Gasteiger partial charge on any atom is 0.332 e. The number of nitrogens with one attached hydrogen (secondary N) is 1. The summed E-state index contributed by atoms with van der Waals surface area (Å²) < 4.78 is 0. The minimum atomic E-state index is -0.597. The van der Waals surface area contributed by atoms with E-state index in [1.54, 1.807) is 0 Å². The highest BCUT2D eigenvalue weighted by atomic mass is 16.2. The molecule has 4 nitrogen and oxygen atoms in total. The summed E-state index contributed by atoms with van der Waals surface area (Å²) in [7, 11) is 0. The first-order valence-electron chi connectivity index (χ1n) is 6.76. The van der Waals surface area contributed by atoms with E-state index < -0.39 is 6.03 Å². The maximum absolute atomic E-state index is 10.8. The summed E-state index contributed by atoms with van der Waals surface area (Å²) in [5, 5.41) is 4.22. The molecule has 3 N–H and O–H groups in total. The topological polar surface area (TPSA) is 67.5 Å². The van der Waals surface area contributed by atoms with Gasteiger partial charge >= 0.3 is 6.03 Å². The van der Waals surface area contributed by atoms with Crippen molar-refractivity contribution in [1.82, 2.24) is 5.43 Å². The highest BCUT2D eigenvalue weighted by Gasteiger charge is 2.33. The lowest BCUT2D eigenvalue weighted by molar-refractivity contribution is 0.249. The standard InChI is InChI=1S/C15H21N3O/c1-15(11-12-7-3-2-4-8-12)10-6-5-9-13(15)17-18-14(16)19/h2-4,7-8H,5-6,9-11H2,1H3,(H3,16,18,19)/b17-13+. The molecule has 1 aliphatic carbocycles. The molecule has 0 heterocycles. The quantitative estimate of drug-likeness (QED) is 0.805. The van der Waals surface area contributed by atoms with Gasteiger partial charge in [0.05, 0.1) is 0 Å². The van der Waals surface area contributed by atoms with Crippen molar-refractivity contribution < 1.29 is 4.79 Å². The first-order valence-corrected chi connectivity index (χ1v) is 6.76. The van der Waals surface area contributed by atoms with Crippen LogP contribution < -0.4 is 11.2 Å². The fourth-order valence-electron chi connectivity index (χ4n) is 2.80. The lowest BCUT2D eigenvalue weighted by Gasteiger charge is -2.35. The monoisotopic (exact) mass is 259 g/mol. The molecule has 0 aromatic heterocycles. The fraction of sp³-hybridized carbons (Fsp3) is 0.467. The highest BCUT2D eigenvalue weighted by molar-refractivity contribution is 5.91. The molecule has 0 spiro atoms. The Morgan fingerprint density at radius 1 is 1.37 bits per heavy atom. The number of primary amides is 1. The average molecular weight is 259 g/mol. The molecule has 1 atom stereocenters. The summed E-state index contributed by atoms with van der Waals surface area (Å²) >= 11 is 0. The van der Waals surface area contributed by atoms with Crippen LogP contribution in [0.1, 0.15) is 38.2 Å². The van der Waals surface area contributed by atoms with Gasteiger partial charge in [0.15, 0.2) is 0 Å². The third-order valence-corrected chi connectivity index (χ3v) is 3.83. The molecule has 1 aliphatic rings. The minimum absolute atomic E-state index is 0.0159. The Kier molecular flexibility index (Phi) is 4.20. The molecule has 1 fully saturated rings. The number of hydrogen-bond donors (Lipinski definition) is 2.